The fraction of sp³-hybridized carbons (Fsp3) is 0.588. The van der Waals surface area contributed by atoms with Gasteiger partial charge in [-0.2, -0.15) is 0 Å². The molecule has 3 heteroatoms. The molecule has 0 unspecified atom stereocenters. The summed E-state index contributed by atoms with van der Waals surface area (Å²) in [5, 5.41) is 4.65. The Kier molecular flexibility index (Phi) is 4.25. The number of thiazole rings is 1. The molecule has 20 heavy (non-hydrogen) atoms. The molecule has 1 fully saturated rings. The molecule has 1 aliphatic rings. The summed E-state index contributed by atoms with van der Waals surface area (Å²) in [6.07, 6.45) is 6.96. The Balaban J connectivity index is 1.57. The van der Waals surface area contributed by atoms with Crippen molar-refractivity contribution in [3.63, 3.8) is 0 Å². The van der Waals surface area contributed by atoms with E-state index in [1.807, 2.05) is 0 Å². The van der Waals surface area contributed by atoms with Crippen molar-refractivity contribution in [3.8, 4) is 0 Å². The highest BCUT2D eigenvalue weighted by Crippen LogP contribution is 2.32. The molecule has 1 heterocycles. The second kappa shape index (κ2) is 6.13. The SMILES string of the molecule is CCC1CCC(CNc2nc3cc(C)ccc3s2)CC1. The van der Waals surface area contributed by atoms with E-state index in [0.717, 1.165) is 29.0 Å². The summed E-state index contributed by atoms with van der Waals surface area (Å²) < 4.78 is 1.28. The second-order valence-electron chi connectivity index (χ2n) is 6.17. The topological polar surface area (TPSA) is 24.9 Å². The van der Waals surface area contributed by atoms with Crippen LogP contribution in [0.15, 0.2) is 18.2 Å². The summed E-state index contributed by atoms with van der Waals surface area (Å²) in [7, 11) is 0. The summed E-state index contributed by atoms with van der Waals surface area (Å²) in [5.74, 6) is 1.82. The van der Waals surface area contributed by atoms with Gasteiger partial charge in [-0.05, 0) is 49.3 Å². The third-order valence-corrected chi connectivity index (χ3v) is 5.62. The van der Waals surface area contributed by atoms with Gasteiger partial charge in [0.25, 0.3) is 0 Å². The predicted molar refractivity (Wildman–Crippen MR) is 88.6 cm³/mol. The van der Waals surface area contributed by atoms with Crippen LogP contribution in [0.25, 0.3) is 10.2 Å². The molecule has 108 valence electrons. The van der Waals surface area contributed by atoms with Crippen LogP contribution in [0.2, 0.25) is 0 Å². The summed E-state index contributed by atoms with van der Waals surface area (Å²) in [6, 6.07) is 6.51. The fourth-order valence-electron chi connectivity index (χ4n) is 3.19. The number of benzene rings is 1. The lowest BCUT2D eigenvalue weighted by Crippen LogP contribution is -2.20. The maximum absolute atomic E-state index is 4.70. The van der Waals surface area contributed by atoms with E-state index in [4.69, 9.17) is 4.98 Å². The number of nitrogens with zero attached hydrogens (tertiary/aromatic N) is 1. The molecule has 0 bridgehead atoms. The highest BCUT2D eigenvalue weighted by Gasteiger charge is 2.19. The van der Waals surface area contributed by atoms with Gasteiger partial charge in [-0.3, -0.25) is 0 Å². The molecule has 0 atom stereocenters. The van der Waals surface area contributed by atoms with Gasteiger partial charge in [0.15, 0.2) is 5.13 Å². The second-order valence-corrected chi connectivity index (χ2v) is 7.20. The smallest absolute Gasteiger partial charge is 0.183 e. The predicted octanol–water partition coefficient (Wildman–Crippen LogP) is 5.23. The Morgan fingerprint density at radius 1 is 1.20 bits per heavy atom. The first kappa shape index (κ1) is 13.9. The van der Waals surface area contributed by atoms with Crippen molar-refractivity contribution >= 4 is 26.7 Å². The van der Waals surface area contributed by atoms with Gasteiger partial charge in [0.2, 0.25) is 0 Å². The number of anilines is 1. The first-order valence-corrected chi connectivity index (χ1v) is 8.67. The molecule has 1 N–H and O–H groups in total. The van der Waals surface area contributed by atoms with Crippen LogP contribution in [0.5, 0.6) is 0 Å². The van der Waals surface area contributed by atoms with E-state index in [2.05, 4.69) is 37.4 Å². The molecule has 0 aliphatic heterocycles. The molecule has 1 aromatic heterocycles. The average Bonchev–Trinajstić information content (AvgIpc) is 2.87. The summed E-state index contributed by atoms with van der Waals surface area (Å²) >= 11 is 1.78. The molecule has 1 saturated carbocycles. The van der Waals surface area contributed by atoms with Crippen molar-refractivity contribution in [2.24, 2.45) is 11.8 Å². The van der Waals surface area contributed by atoms with Crippen LogP contribution >= 0.6 is 11.3 Å². The van der Waals surface area contributed by atoms with Crippen molar-refractivity contribution in [1.82, 2.24) is 4.98 Å². The van der Waals surface area contributed by atoms with Crippen molar-refractivity contribution < 1.29 is 0 Å². The van der Waals surface area contributed by atoms with Crippen molar-refractivity contribution in [2.75, 3.05) is 11.9 Å². The van der Waals surface area contributed by atoms with Gasteiger partial charge in [0.05, 0.1) is 10.2 Å². The zero-order chi connectivity index (χ0) is 13.9. The van der Waals surface area contributed by atoms with Gasteiger partial charge in [-0.25, -0.2) is 4.98 Å². The van der Waals surface area contributed by atoms with Crippen LogP contribution in [-0.2, 0) is 0 Å². The van der Waals surface area contributed by atoms with Crippen molar-refractivity contribution in [3.05, 3.63) is 23.8 Å². The van der Waals surface area contributed by atoms with Crippen LogP contribution in [0.4, 0.5) is 5.13 Å². The molecule has 0 spiro atoms. The third-order valence-electron chi connectivity index (χ3n) is 4.63. The van der Waals surface area contributed by atoms with E-state index in [1.54, 1.807) is 11.3 Å². The Bertz CT molecular complexity index is 567. The van der Waals surface area contributed by atoms with Crippen LogP contribution in [-0.4, -0.2) is 11.5 Å². The van der Waals surface area contributed by atoms with Gasteiger partial charge < -0.3 is 5.32 Å². The van der Waals surface area contributed by atoms with Crippen LogP contribution in [0.3, 0.4) is 0 Å². The maximum atomic E-state index is 4.70. The number of aromatic nitrogens is 1. The summed E-state index contributed by atoms with van der Waals surface area (Å²) in [5.41, 5.74) is 2.42. The molecule has 3 rings (SSSR count). The van der Waals surface area contributed by atoms with E-state index >= 15 is 0 Å². The van der Waals surface area contributed by atoms with Crippen molar-refractivity contribution in [1.29, 1.82) is 0 Å². The number of fused-ring (bicyclic) bond motifs is 1. The molecule has 0 amide bonds. The Hall–Kier alpha value is -1.09. The minimum atomic E-state index is 0.839. The lowest BCUT2D eigenvalue weighted by atomic mass is 9.81. The van der Waals surface area contributed by atoms with Gasteiger partial charge >= 0.3 is 0 Å². The lowest BCUT2D eigenvalue weighted by Gasteiger charge is -2.27. The molecular weight excluding hydrogens is 264 g/mol. The fourth-order valence-corrected chi connectivity index (χ4v) is 4.04. The monoisotopic (exact) mass is 288 g/mol. The van der Waals surface area contributed by atoms with Crippen LogP contribution in [0, 0.1) is 18.8 Å². The maximum Gasteiger partial charge on any atom is 0.183 e. The summed E-state index contributed by atoms with van der Waals surface area (Å²) in [4.78, 5) is 4.70. The minimum absolute atomic E-state index is 0.839. The van der Waals surface area contributed by atoms with E-state index in [0.29, 0.717) is 0 Å². The zero-order valence-corrected chi connectivity index (χ0v) is 13.3. The first-order chi connectivity index (χ1) is 9.74. The Morgan fingerprint density at radius 2 is 1.95 bits per heavy atom. The molecule has 1 aromatic carbocycles. The largest absolute Gasteiger partial charge is 0.361 e. The minimum Gasteiger partial charge on any atom is -0.361 e. The number of nitrogens with one attached hydrogen (secondary N) is 1. The Morgan fingerprint density at radius 3 is 2.70 bits per heavy atom. The normalized spacial score (nSPS) is 23.1. The third kappa shape index (κ3) is 3.14. The quantitative estimate of drug-likeness (QED) is 0.833. The van der Waals surface area contributed by atoms with Gasteiger partial charge in [0.1, 0.15) is 0 Å². The van der Waals surface area contributed by atoms with E-state index < -0.39 is 0 Å². The number of hydrogen-bond acceptors (Lipinski definition) is 3. The number of aryl methyl sites for hydroxylation is 1. The van der Waals surface area contributed by atoms with Gasteiger partial charge in [0, 0.05) is 6.54 Å². The first-order valence-electron chi connectivity index (χ1n) is 7.85. The number of rotatable bonds is 4. The lowest BCUT2D eigenvalue weighted by molar-refractivity contribution is 0.278. The van der Waals surface area contributed by atoms with E-state index in [1.165, 1.54) is 42.4 Å². The molecule has 2 nitrogen and oxygen atoms in total. The highest BCUT2D eigenvalue weighted by atomic mass is 32.1. The molecule has 0 saturated heterocycles. The van der Waals surface area contributed by atoms with E-state index in [9.17, 15) is 0 Å². The van der Waals surface area contributed by atoms with E-state index in [-0.39, 0.29) is 0 Å². The standard InChI is InChI=1S/C17H24N2S/c1-3-13-5-7-14(8-6-13)11-18-17-19-15-10-12(2)4-9-16(15)20-17/h4,9-10,13-14H,3,5-8,11H2,1-2H3,(H,18,19). The Labute approximate surface area is 125 Å². The average molecular weight is 288 g/mol. The van der Waals surface area contributed by atoms with Gasteiger partial charge in [-0.1, -0.05) is 43.6 Å². The van der Waals surface area contributed by atoms with Crippen LogP contribution < -0.4 is 5.32 Å². The van der Waals surface area contributed by atoms with Crippen molar-refractivity contribution in [2.45, 2.75) is 46.0 Å². The zero-order valence-electron chi connectivity index (χ0n) is 12.5. The molecule has 2 aromatic rings. The van der Waals surface area contributed by atoms with Crippen LogP contribution in [0.1, 0.15) is 44.6 Å². The highest BCUT2D eigenvalue weighted by molar-refractivity contribution is 7.22. The van der Waals surface area contributed by atoms with Gasteiger partial charge in [-0.15, -0.1) is 0 Å². The molecule has 0 radical (unpaired) electrons. The molecule has 1 aliphatic carbocycles. The number of hydrogen-bond donors (Lipinski definition) is 1. The molecular formula is C17H24N2S. The summed E-state index contributed by atoms with van der Waals surface area (Å²) in [6.45, 7) is 5.54.